The van der Waals surface area contributed by atoms with Crippen LogP contribution in [0.3, 0.4) is 0 Å². The molecule has 0 saturated carbocycles. The van der Waals surface area contributed by atoms with Crippen LogP contribution in [-0.2, 0) is 4.79 Å². The van der Waals surface area contributed by atoms with Crippen LogP contribution in [0.4, 0.5) is 5.69 Å². The van der Waals surface area contributed by atoms with Crippen LogP contribution < -0.4 is 10.1 Å². The summed E-state index contributed by atoms with van der Waals surface area (Å²) in [6, 6.07) is 1.47. The SMILES string of the molecule is O=Cc1cc2c(cn1)OCC(=O)N2. The van der Waals surface area contributed by atoms with E-state index in [1.54, 1.807) is 0 Å². The first kappa shape index (κ1) is 7.72. The third-order valence-electron chi connectivity index (χ3n) is 1.64. The summed E-state index contributed by atoms with van der Waals surface area (Å²) in [6.45, 7) is -0.00485. The number of amides is 1. The molecule has 5 nitrogen and oxygen atoms in total. The van der Waals surface area contributed by atoms with Crippen LogP contribution in [0.1, 0.15) is 10.5 Å². The molecule has 0 radical (unpaired) electrons. The molecule has 1 aliphatic heterocycles. The van der Waals surface area contributed by atoms with Crippen molar-refractivity contribution in [1.82, 2.24) is 4.98 Å². The summed E-state index contributed by atoms with van der Waals surface area (Å²) in [5.74, 6) is 0.265. The van der Waals surface area contributed by atoms with E-state index in [1.165, 1.54) is 12.3 Å². The molecule has 0 aromatic carbocycles. The molecule has 1 aromatic heterocycles. The molecule has 0 atom stereocenters. The van der Waals surface area contributed by atoms with Gasteiger partial charge in [0.05, 0.1) is 11.9 Å². The highest BCUT2D eigenvalue weighted by atomic mass is 16.5. The Morgan fingerprint density at radius 1 is 1.62 bits per heavy atom. The Labute approximate surface area is 73.7 Å². The number of aldehydes is 1. The Morgan fingerprint density at radius 2 is 2.46 bits per heavy atom. The largest absolute Gasteiger partial charge is 0.480 e. The number of fused-ring (bicyclic) bond motifs is 1. The third kappa shape index (κ3) is 1.35. The zero-order valence-corrected chi connectivity index (χ0v) is 6.61. The van der Waals surface area contributed by atoms with Crippen molar-refractivity contribution in [2.24, 2.45) is 0 Å². The molecule has 2 heterocycles. The number of nitrogens with one attached hydrogen (secondary N) is 1. The summed E-state index contributed by atoms with van der Waals surface area (Å²) in [5, 5.41) is 2.57. The molecule has 0 unspecified atom stereocenters. The van der Waals surface area contributed by atoms with E-state index in [4.69, 9.17) is 4.74 Å². The van der Waals surface area contributed by atoms with Crippen molar-refractivity contribution >= 4 is 17.9 Å². The van der Waals surface area contributed by atoms with Gasteiger partial charge in [0.15, 0.2) is 18.6 Å². The zero-order chi connectivity index (χ0) is 9.26. The van der Waals surface area contributed by atoms with Crippen LogP contribution in [0, 0.1) is 0 Å². The number of nitrogens with zero attached hydrogens (tertiary/aromatic N) is 1. The first-order valence-corrected chi connectivity index (χ1v) is 3.67. The van der Waals surface area contributed by atoms with E-state index in [9.17, 15) is 9.59 Å². The highest BCUT2D eigenvalue weighted by Crippen LogP contribution is 2.26. The molecule has 2 rings (SSSR count). The Bertz CT molecular complexity index is 376. The van der Waals surface area contributed by atoms with E-state index in [-0.39, 0.29) is 18.2 Å². The second-order valence-corrected chi connectivity index (χ2v) is 2.56. The minimum Gasteiger partial charge on any atom is -0.480 e. The molecule has 1 aliphatic rings. The van der Waals surface area contributed by atoms with Gasteiger partial charge in [0.1, 0.15) is 5.69 Å². The predicted molar refractivity (Wildman–Crippen MR) is 43.7 cm³/mol. The van der Waals surface area contributed by atoms with Crippen molar-refractivity contribution in [2.45, 2.75) is 0 Å². The number of ether oxygens (including phenoxy) is 1. The van der Waals surface area contributed by atoms with Crippen molar-refractivity contribution in [2.75, 3.05) is 11.9 Å². The van der Waals surface area contributed by atoms with Gasteiger partial charge in [-0.2, -0.15) is 0 Å². The molecule has 1 amide bonds. The van der Waals surface area contributed by atoms with Gasteiger partial charge in [-0.3, -0.25) is 9.59 Å². The second kappa shape index (κ2) is 2.85. The van der Waals surface area contributed by atoms with Gasteiger partial charge in [-0.25, -0.2) is 4.98 Å². The molecule has 1 aromatic rings. The van der Waals surface area contributed by atoms with Crippen LogP contribution >= 0.6 is 0 Å². The normalized spacial score (nSPS) is 14.0. The first-order chi connectivity index (χ1) is 6.29. The first-order valence-electron chi connectivity index (χ1n) is 3.67. The molecule has 0 fully saturated rings. The zero-order valence-electron chi connectivity index (χ0n) is 6.61. The fraction of sp³-hybridized carbons (Fsp3) is 0.125. The summed E-state index contributed by atoms with van der Waals surface area (Å²) in [4.78, 5) is 25.0. The summed E-state index contributed by atoms with van der Waals surface area (Å²) >= 11 is 0. The Balaban J connectivity index is 2.43. The van der Waals surface area contributed by atoms with E-state index >= 15 is 0 Å². The summed E-state index contributed by atoms with van der Waals surface area (Å²) in [6.07, 6.45) is 2.03. The number of anilines is 1. The minimum atomic E-state index is -0.226. The Hall–Kier alpha value is -1.91. The van der Waals surface area contributed by atoms with Crippen LogP contribution in [0.15, 0.2) is 12.3 Å². The molecule has 0 spiro atoms. The maximum absolute atomic E-state index is 10.9. The van der Waals surface area contributed by atoms with Gasteiger partial charge in [0.2, 0.25) is 0 Å². The molecule has 0 aliphatic carbocycles. The van der Waals surface area contributed by atoms with Crippen molar-refractivity contribution in [1.29, 1.82) is 0 Å². The number of hydrogen-bond donors (Lipinski definition) is 1. The number of carbonyl (C=O) groups is 2. The van der Waals surface area contributed by atoms with Crippen LogP contribution in [0.2, 0.25) is 0 Å². The monoisotopic (exact) mass is 178 g/mol. The van der Waals surface area contributed by atoms with Crippen LogP contribution in [-0.4, -0.2) is 23.8 Å². The lowest BCUT2D eigenvalue weighted by atomic mass is 10.3. The molecule has 13 heavy (non-hydrogen) atoms. The maximum Gasteiger partial charge on any atom is 0.262 e. The number of aromatic nitrogens is 1. The van der Waals surface area contributed by atoms with Gasteiger partial charge >= 0.3 is 0 Å². The van der Waals surface area contributed by atoms with E-state index in [0.29, 0.717) is 17.7 Å². The quantitative estimate of drug-likeness (QED) is 0.625. The van der Waals surface area contributed by atoms with Gasteiger partial charge in [-0.1, -0.05) is 0 Å². The van der Waals surface area contributed by atoms with E-state index in [1.807, 2.05) is 0 Å². The molecule has 5 heteroatoms. The van der Waals surface area contributed by atoms with Gasteiger partial charge in [0.25, 0.3) is 5.91 Å². The fourth-order valence-electron chi connectivity index (χ4n) is 1.07. The molecule has 0 bridgehead atoms. The second-order valence-electron chi connectivity index (χ2n) is 2.56. The topological polar surface area (TPSA) is 68.3 Å². The van der Waals surface area contributed by atoms with E-state index in [0.717, 1.165) is 0 Å². The van der Waals surface area contributed by atoms with E-state index < -0.39 is 0 Å². The molecular formula is C8H6N2O3. The van der Waals surface area contributed by atoms with Gasteiger partial charge in [0, 0.05) is 0 Å². The lowest BCUT2D eigenvalue weighted by Crippen LogP contribution is -2.25. The maximum atomic E-state index is 10.9. The highest BCUT2D eigenvalue weighted by molar-refractivity contribution is 5.96. The Morgan fingerprint density at radius 3 is 3.23 bits per heavy atom. The van der Waals surface area contributed by atoms with Crippen molar-refractivity contribution < 1.29 is 14.3 Å². The van der Waals surface area contributed by atoms with Crippen molar-refractivity contribution in [3.63, 3.8) is 0 Å². The molecule has 1 N–H and O–H groups in total. The van der Waals surface area contributed by atoms with Gasteiger partial charge in [-0.05, 0) is 6.07 Å². The third-order valence-corrected chi connectivity index (χ3v) is 1.64. The average Bonchev–Trinajstić information content (AvgIpc) is 2.16. The standard InChI is InChI=1S/C8H6N2O3/c11-3-5-1-6-7(2-9-5)13-4-8(12)10-6/h1-3H,4H2,(H,10,12). The number of pyridine rings is 1. The van der Waals surface area contributed by atoms with Crippen LogP contribution in [0.5, 0.6) is 5.75 Å². The van der Waals surface area contributed by atoms with E-state index in [2.05, 4.69) is 10.3 Å². The van der Waals surface area contributed by atoms with Crippen LogP contribution in [0.25, 0.3) is 0 Å². The molecule has 0 saturated heterocycles. The van der Waals surface area contributed by atoms with Gasteiger partial charge in [-0.15, -0.1) is 0 Å². The number of rotatable bonds is 1. The smallest absolute Gasteiger partial charge is 0.262 e. The summed E-state index contributed by atoms with van der Waals surface area (Å²) in [7, 11) is 0. The average molecular weight is 178 g/mol. The minimum absolute atomic E-state index is 0.00485. The molecular weight excluding hydrogens is 172 g/mol. The molecule has 66 valence electrons. The predicted octanol–water partition coefficient (Wildman–Crippen LogP) is 0.225. The number of carbonyl (C=O) groups excluding carboxylic acids is 2. The van der Waals surface area contributed by atoms with Gasteiger partial charge < -0.3 is 10.1 Å². The fourth-order valence-corrected chi connectivity index (χ4v) is 1.07. The summed E-state index contributed by atoms with van der Waals surface area (Å²) in [5.41, 5.74) is 0.762. The summed E-state index contributed by atoms with van der Waals surface area (Å²) < 4.78 is 5.04. The van der Waals surface area contributed by atoms with Crippen molar-refractivity contribution in [3.05, 3.63) is 18.0 Å². The highest BCUT2D eigenvalue weighted by Gasteiger charge is 2.16. The van der Waals surface area contributed by atoms with Crippen molar-refractivity contribution in [3.8, 4) is 5.75 Å². The lowest BCUT2D eigenvalue weighted by Gasteiger charge is -2.16. The number of hydrogen-bond acceptors (Lipinski definition) is 4. The lowest BCUT2D eigenvalue weighted by molar-refractivity contribution is -0.118. The Kier molecular flexibility index (Phi) is 1.70.